The number of rotatable bonds is 8. The molecule has 0 saturated carbocycles. The van der Waals surface area contributed by atoms with Crippen LogP contribution in [0, 0.1) is 0 Å². The molecule has 0 bridgehead atoms. The molecule has 0 aliphatic carbocycles. The van der Waals surface area contributed by atoms with E-state index in [1.54, 1.807) is 20.8 Å². The van der Waals surface area contributed by atoms with Crippen molar-refractivity contribution in [1.82, 2.24) is 9.80 Å². The molecular weight excluding hydrogens is 398 g/mol. The number of carbonyl (C=O) groups excluding carboxylic acids is 3. The number of benzene rings is 1. The van der Waals surface area contributed by atoms with Gasteiger partial charge in [-0.25, -0.2) is 8.42 Å². The summed E-state index contributed by atoms with van der Waals surface area (Å²) in [6, 6.07) is 4.11. The Labute approximate surface area is 171 Å². The Bertz CT molecular complexity index is 918. The lowest BCUT2D eigenvalue weighted by Gasteiger charge is -2.21. The Kier molecular flexibility index (Phi) is 6.69. The fraction of sp³-hybridized carbons (Fsp3) is 0.526. The number of sulfonamides is 1. The number of anilines is 1. The molecule has 1 aliphatic heterocycles. The van der Waals surface area contributed by atoms with E-state index in [0.29, 0.717) is 13.0 Å². The molecule has 1 aromatic carbocycles. The first-order chi connectivity index (χ1) is 13.3. The summed E-state index contributed by atoms with van der Waals surface area (Å²) in [5.74, 6) is -2.05. The SMILES string of the molecule is CN(C)CCCS(=O)(=O)Nc1ccc2c(c1)C(=O)N(CC(=O)OC(C)(C)C)C2=O. The van der Waals surface area contributed by atoms with Gasteiger partial charge in [0.1, 0.15) is 12.1 Å². The fourth-order valence-electron chi connectivity index (χ4n) is 2.80. The quantitative estimate of drug-likeness (QED) is 0.494. The number of fused-ring (bicyclic) bond motifs is 1. The zero-order valence-corrected chi connectivity index (χ0v) is 18.1. The first-order valence-corrected chi connectivity index (χ1v) is 10.8. The summed E-state index contributed by atoms with van der Waals surface area (Å²) >= 11 is 0. The van der Waals surface area contributed by atoms with E-state index in [1.807, 2.05) is 19.0 Å². The largest absolute Gasteiger partial charge is 0.459 e. The molecule has 1 N–H and O–H groups in total. The van der Waals surface area contributed by atoms with Gasteiger partial charge >= 0.3 is 5.97 Å². The van der Waals surface area contributed by atoms with Crippen LogP contribution in [0.3, 0.4) is 0 Å². The average molecular weight is 426 g/mol. The normalized spacial score (nSPS) is 14.3. The van der Waals surface area contributed by atoms with Crippen molar-refractivity contribution in [3.63, 3.8) is 0 Å². The van der Waals surface area contributed by atoms with Crippen molar-refractivity contribution in [2.45, 2.75) is 32.8 Å². The van der Waals surface area contributed by atoms with E-state index in [2.05, 4.69) is 4.72 Å². The summed E-state index contributed by atoms with van der Waals surface area (Å²) < 4.78 is 32.0. The minimum atomic E-state index is -3.59. The Morgan fingerprint density at radius 2 is 1.76 bits per heavy atom. The molecule has 2 rings (SSSR count). The Hall–Kier alpha value is -2.46. The summed E-state index contributed by atoms with van der Waals surface area (Å²) in [6.07, 6.45) is 0.453. The third-order valence-electron chi connectivity index (χ3n) is 3.97. The Balaban J connectivity index is 2.11. The van der Waals surface area contributed by atoms with Crippen LogP contribution in [0.4, 0.5) is 5.69 Å². The lowest BCUT2D eigenvalue weighted by atomic mass is 10.1. The fourth-order valence-corrected chi connectivity index (χ4v) is 3.90. The van der Waals surface area contributed by atoms with Crippen molar-refractivity contribution < 1.29 is 27.5 Å². The Morgan fingerprint density at radius 3 is 2.34 bits per heavy atom. The van der Waals surface area contributed by atoms with Crippen LogP contribution in [0.5, 0.6) is 0 Å². The zero-order valence-electron chi connectivity index (χ0n) is 17.3. The van der Waals surface area contributed by atoms with Crippen LogP contribution >= 0.6 is 0 Å². The molecule has 29 heavy (non-hydrogen) atoms. The van der Waals surface area contributed by atoms with Crippen molar-refractivity contribution in [2.24, 2.45) is 0 Å². The molecule has 2 amide bonds. The molecule has 0 atom stereocenters. The van der Waals surface area contributed by atoms with Gasteiger partial charge in [0.15, 0.2) is 0 Å². The maximum Gasteiger partial charge on any atom is 0.326 e. The molecule has 0 saturated heterocycles. The topological polar surface area (TPSA) is 113 Å². The van der Waals surface area contributed by atoms with Crippen molar-refractivity contribution in [3.8, 4) is 0 Å². The van der Waals surface area contributed by atoms with Crippen molar-refractivity contribution in [3.05, 3.63) is 29.3 Å². The van der Waals surface area contributed by atoms with Crippen LogP contribution in [0.25, 0.3) is 0 Å². The van der Waals surface area contributed by atoms with Crippen LogP contribution in [0.1, 0.15) is 47.9 Å². The summed E-state index contributed by atoms with van der Waals surface area (Å²) in [5, 5.41) is 0. The first-order valence-electron chi connectivity index (χ1n) is 9.16. The van der Waals surface area contributed by atoms with Gasteiger partial charge in [-0.3, -0.25) is 24.0 Å². The van der Waals surface area contributed by atoms with Crippen LogP contribution in [0.2, 0.25) is 0 Å². The summed E-state index contributed by atoms with van der Waals surface area (Å²) in [4.78, 5) is 39.7. The third kappa shape index (κ3) is 6.26. The van der Waals surface area contributed by atoms with Crippen LogP contribution in [-0.2, 0) is 19.6 Å². The van der Waals surface area contributed by atoms with Crippen LogP contribution < -0.4 is 4.72 Å². The van der Waals surface area contributed by atoms with E-state index >= 15 is 0 Å². The number of amides is 2. The second kappa shape index (κ2) is 8.50. The lowest BCUT2D eigenvalue weighted by Crippen LogP contribution is -2.38. The van der Waals surface area contributed by atoms with E-state index in [0.717, 1.165) is 4.90 Å². The monoisotopic (exact) mass is 425 g/mol. The molecule has 0 spiro atoms. The highest BCUT2D eigenvalue weighted by Crippen LogP contribution is 2.26. The van der Waals surface area contributed by atoms with Crippen LogP contribution in [-0.4, -0.2) is 74.5 Å². The maximum absolute atomic E-state index is 12.6. The highest BCUT2D eigenvalue weighted by atomic mass is 32.2. The van der Waals surface area contributed by atoms with Gasteiger partial charge in [0.2, 0.25) is 10.0 Å². The summed E-state index contributed by atoms with van der Waals surface area (Å²) in [5.41, 5.74) is -0.386. The predicted molar refractivity (Wildman–Crippen MR) is 108 cm³/mol. The van der Waals surface area contributed by atoms with Gasteiger partial charge < -0.3 is 9.64 Å². The van der Waals surface area contributed by atoms with E-state index in [9.17, 15) is 22.8 Å². The molecule has 1 aromatic rings. The number of nitrogens with one attached hydrogen (secondary N) is 1. The van der Waals surface area contributed by atoms with Gasteiger partial charge in [0, 0.05) is 5.69 Å². The highest BCUT2D eigenvalue weighted by molar-refractivity contribution is 7.92. The van der Waals surface area contributed by atoms with Gasteiger partial charge in [0.05, 0.1) is 16.9 Å². The van der Waals surface area contributed by atoms with Gasteiger partial charge in [0.25, 0.3) is 11.8 Å². The van der Waals surface area contributed by atoms with Gasteiger partial charge in [-0.2, -0.15) is 0 Å². The number of esters is 1. The molecular formula is C19H27N3O6S. The van der Waals surface area contributed by atoms with Gasteiger partial charge in [-0.15, -0.1) is 0 Å². The molecule has 0 aromatic heterocycles. The second-order valence-corrected chi connectivity index (χ2v) is 9.96. The smallest absolute Gasteiger partial charge is 0.326 e. The van der Waals surface area contributed by atoms with E-state index in [4.69, 9.17) is 4.74 Å². The number of hydrogen-bond acceptors (Lipinski definition) is 7. The van der Waals surface area contributed by atoms with Crippen molar-refractivity contribution >= 4 is 33.5 Å². The molecule has 9 nitrogen and oxygen atoms in total. The standard InChI is InChI=1S/C19H27N3O6S/c1-19(2,3)28-16(23)12-22-17(24)14-8-7-13(11-15(14)18(22)25)20-29(26,27)10-6-9-21(4)5/h7-8,11,20H,6,9-10,12H2,1-5H3. The van der Waals surface area contributed by atoms with Crippen molar-refractivity contribution in [1.29, 1.82) is 0 Å². The van der Waals surface area contributed by atoms with Gasteiger partial charge in [-0.05, 0) is 66.0 Å². The zero-order chi connectivity index (χ0) is 22.0. The average Bonchev–Trinajstić information content (AvgIpc) is 2.77. The predicted octanol–water partition coefficient (Wildman–Crippen LogP) is 1.32. The summed E-state index contributed by atoms with van der Waals surface area (Å²) in [6.45, 7) is 5.17. The third-order valence-corrected chi connectivity index (χ3v) is 5.34. The lowest BCUT2D eigenvalue weighted by molar-refractivity contribution is -0.155. The van der Waals surface area contributed by atoms with Crippen LogP contribution in [0.15, 0.2) is 18.2 Å². The molecule has 0 radical (unpaired) electrons. The number of ether oxygens (including phenoxy) is 1. The number of imide groups is 1. The molecule has 160 valence electrons. The number of hydrogen-bond donors (Lipinski definition) is 1. The summed E-state index contributed by atoms with van der Waals surface area (Å²) in [7, 11) is 0.115. The molecule has 0 fully saturated rings. The molecule has 1 heterocycles. The number of nitrogens with zero attached hydrogens (tertiary/aromatic N) is 2. The van der Waals surface area contributed by atoms with Gasteiger partial charge in [-0.1, -0.05) is 0 Å². The van der Waals surface area contributed by atoms with E-state index in [1.165, 1.54) is 18.2 Å². The van der Waals surface area contributed by atoms with E-state index < -0.39 is 40.0 Å². The minimum Gasteiger partial charge on any atom is -0.459 e. The van der Waals surface area contributed by atoms with E-state index in [-0.39, 0.29) is 22.6 Å². The van der Waals surface area contributed by atoms with Crippen molar-refractivity contribution in [2.75, 3.05) is 37.7 Å². The molecule has 10 heteroatoms. The number of carbonyl (C=O) groups is 3. The second-order valence-electron chi connectivity index (χ2n) is 8.12. The highest BCUT2D eigenvalue weighted by Gasteiger charge is 2.37. The minimum absolute atomic E-state index is 0.0482. The maximum atomic E-state index is 12.6. The molecule has 0 unspecified atom stereocenters. The Morgan fingerprint density at radius 1 is 1.14 bits per heavy atom. The first kappa shape index (κ1) is 22.8. The molecule has 1 aliphatic rings.